The van der Waals surface area contributed by atoms with E-state index in [-0.39, 0.29) is 5.91 Å². The fourth-order valence-corrected chi connectivity index (χ4v) is 3.61. The molecule has 0 saturated heterocycles. The Morgan fingerprint density at radius 3 is 2.00 bits per heavy atom. The second-order valence-corrected chi connectivity index (χ2v) is 7.95. The number of nitrogens with one attached hydrogen (secondary N) is 1. The van der Waals surface area contributed by atoms with Crippen molar-refractivity contribution in [2.75, 3.05) is 19.5 Å². The van der Waals surface area contributed by atoms with E-state index in [1.807, 2.05) is 30.3 Å². The first-order valence-electron chi connectivity index (χ1n) is 11.4. The van der Waals surface area contributed by atoms with Gasteiger partial charge in [-0.25, -0.2) is 0 Å². The van der Waals surface area contributed by atoms with E-state index in [1.165, 1.54) is 0 Å². The van der Waals surface area contributed by atoms with Crippen LogP contribution in [0.25, 0.3) is 22.9 Å². The molecule has 5 rings (SSSR count). The van der Waals surface area contributed by atoms with Gasteiger partial charge in [-0.2, -0.15) is 0 Å². The molecule has 8 nitrogen and oxygen atoms in total. The van der Waals surface area contributed by atoms with Crippen molar-refractivity contribution >= 4 is 11.6 Å². The molecular formula is C29H23N3O5. The number of carbonyl (C=O) groups excluding carboxylic acids is 1. The minimum absolute atomic E-state index is 0.275. The SMILES string of the molecule is COc1ccc(Oc2cc(NC(=O)c3ccc(-c4nnc(-c5ccccc5)o4)cc3)ccc2OC)cc1. The van der Waals surface area contributed by atoms with Gasteiger partial charge in [-0.15, -0.1) is 10.2 Å². The Balaban J connectivity index is 1.29. The number of carbonyl (C=O) groups is 1. The molecule has 0 bridgehead atoms. The fourth-order valence-electron chi connectivity index (χ4n) is 3.61. The summed E-state index contributed by atoms with van der Waals surface area (Å²) < 4.78 is 22.4. The summed E-state index contributed by atoms with van der Waals surface area (Å²) in [5.41, 5.74) is 2.58. The molecule has 0 unspecified atom stereocenters. The van der Waals surface area contributed by atoms with Gasteiger partial charge in [0.2, 0.25) is 11.8 Å². The predicted octanol–water partition coefficient (Wildman–Crippen LogP) is 6.47. The van der Waals surface area contributed by atoms with Gasteiger partial charge >= 0.3 is 0 Å². The predicted molar refractivity (Wildman–Crippen MR) is 139 cm³/mol. The summed E-state index contributed by atoms with van der Waals surface area (Å²) in [6, 6.07) is 28.8. The van der Waals surface area contributed by atoms with E-state index in [2.05, 4.69) is 15.5 Å². The van der Waals surface area contributed by atoms with Gasteiger partial charge in [0, 0.05) is 28.4 Å². The molecule has 37 heavy (non-hydrogen) atoms. The van der Waals surface area contributed by atoms with Gasteiger partial charge < -0.3 is 23.9 Å². The van der Waals surface area contributed by atoms with Crippen LogP contribution in [-0.2, 0) is 0 Å². The first-order valence-corrected chi connectivity index (χ1v) is 11.4. The number of hydrogen-bond acceptors (Lipinski definition) is 7. The van der Waals surface area contributed by atoms with E-state index in [4.69, 9.17) is 18.6 Å². The number of hydrogen-bond donors (Lipinski definition) is 1. The third-order valence-corrected chi connectivity index (χ3v) is 5.55. The van der Waals surface area contributed by atoms with E-state index in [0.29, 0.717) is 45.8 Å². The molecule has 4 aromatic carbocycles. The first-order chi connectivity index (χ1) is 18.1. The van der Waals surface area contributed by atoms with Crippen LogP contribution in [0.4, 0.5) is 5.69 Å². The summed E-state index contributed by atoms with van der Waals surface area (Å²) in [4.78, 5) is 12.9. The number of anilines is 1. The van der Waals surface area contributed by atoms with Crippen LogP contribution in [0.1, 0.15) is 10.4 Å². The Hall–Kier alpha value is -5.11. The smallest absolute Gasteiger partial charge is 0.255 e. The van der Waals surface area contributed by atoms with Gasteiger partial charge in [0.25, 0.3) is 5.91 Å². The Morgan fingerprint density at radius 1 is 0.703 bits per heavy atom. The summed E-state index contributed by atoms with van der Waals surface area (Å²) >= 11 is 0. The number of benzene rings is 4. The van der Waals surface area contributed by atoms with Gasteiger partial charge in [-0.05, 0) is 72.8 Å². The molecule has 0 radical (unpaired) electrons. The molecule has 0 atom stereocenters. The van der Waals surface area contributed by atoms with Crippen molar-refractivity contribution in [2.45, 2.75) is 0 Å². The highest BCUT2D eigenvalue weighted by Crippen LogP contribution is 2.35. The monoisotopic (exact) mass is 493 g/mol. The molecule has 0 aliphatic heterocycles. The van der Waals surface area contributed by atoms with E-state index < -0.39 is 0 Å². The normalized spacial score (nSPS) is 10.5. The summed E-state index contributed by atoms with van der Waals surface area (Å²) in [7, 11) is 3.16. The van der Waals surface area contributed by atoms with Crippen LogP contribution in [0, 0.1) is 0 Å². The second-order valence-electron chi connectivity index (χ2n) is 7.95. The highest BCUT2D eigenvalue weighted by molar-refractivity contribution is 6.04. The molecule has 1 heterocycles. The molecule has 0 fully saturated rings. The Labute approximate surface area is 213 Å². The summed E-state index contributed by atoms with van der Waals surface area (Å²) in [5, 5.41) is 11.1. The van der Waals surface area contributed by atoms with Gasteiger partial charge in [-0.3, -0.25) is 4.79 Å². The van der Waals surface area contributed by atoms with Crippen LogP contribution in [0.15, 0.2) is 101 Å². The molecule has 8 heteroatoms. The molecule has 1 N–H and O–H groups in total. The van der Waals surface area contributed by atoms with Gasteiger partial charge in [0.1, 0.15) is 11.5 Å². The molecule has 1 amide bonds. The maximum atomic E-state index is 12.9. The maximum absolute atomic E-state index is 12.9. The van der Waals surface area contributed by atoms with Gasteiger partial charge in [-0.1, -0.05) is 18.2 Å². The van der Waals surface area contributed by atoms with E-state index in [0.717, 1.165) is 11.3 Å². The van der Waals surface area contributed by atoms with Crippen molar-refractivity contribution < 1.29 is 23.4 Å². The highest BCUT2D eigenvalue weighted by Gasteiger charge is 2.13. The van der Waals surface area contributed by atoms with Crippen LogP contribution in [0.5, 0.6) is 23.0 Å². The largest absolute Gasteiger partial charge is 0.497 e. The zero-order chi connectivity index (χ0) is 25.6. The minimum Gasteiger partial charge on any atom is -0.497 e. The van der Waals surface area contributed by atoms with Crippen molar-refractivity contribution in [2.24, 2.45) is 0 Å². The van der Waals surface area contributed by atoms with Crippen LogP contribution >= 0.6 is 0 Å². The van der Waals surface area contributed by atoms with Crippen molar-refractivity contribution in [3.8, 4) is 45.9 Å². The minimum atomic E-state index is -0.275. The van der Waals surface area contributed by atoms with Crippen LogP contribution in [-0.4, -0.2) is 30.3 Å². The Morgan fingerprint density at radius 2 is 1.35 bits per heavy atom. The first kappa shape index (κ1) is 23.6. The molecule has 184 valence electrons. The van der Waals surface area contributed by atoms with Gasteiger partial charge in [0.05, 0.1) is 14.2 Å². The third kappa shape index (κ3) is 5.43. The Kier molecular flexibility index (Phi) is 6.80. The molecule has 0 saturated carbocycles. The average molecular weight is 494 g/mol. The summed E-state index contributed by atoms with van der Waals surface area (Å²) in [5.74, 6) is 2.87. The number of methoxy groups -OCH3 is 2. The van der Waals surface area contributed by atoms with Crippen LogP contribution < -0.4 is 19.5 Å². The van der Waals surface area contributed by atoms with E-state index in [1.54, 1.807) is 80.9 Å². The summed E-state index contributed by atoms with van der Waals surface area (Å²) in [6.07, 6.45) is 0. The number of nitrogens with zero attached hydrogens (tertiary/aromatic N) is 2. The zero-order valence-corrected chi connectivity index (χ0v) is 20.2. The number of aromatic nitrogens is 2. The summed E-state index contributed by atoms with van der Waals surface area (Å²) in [6.45, 7) is 0. The molecule has 0 aliphatic rings. The fraction of sp³-hybridized carbons (Fsp3) is 0.0690. The quantitative estimate of drug-likeness (QED) is 0.265. The van der Waals surface area contributed by atoms with Crippen molar-refractivity contribution in [1.82, 2.24) is 10.2 Å². The van der Waals surface area contributed by atoms with Crippen molar-refractivity contribution in [3.05, 3.63) is 103 Å². The lowest BCUT2D eigenvalue weighted by Crippen LogP contribution is -2.11. The topological polar surface area (TPSA) is 95.7 Å². The molecular weight excluding hydrogens is 470 g/mol. The lowest BCUT2D eigenvalue weighted by molar-refractivity contribution is 0.102. The average Bonchev–Trinajstić information content (AvgIpc) is 3.45. The lowest BCUT2D eigenvalue weighted by Gasteiger charge is -2.13. The molecule has 0 aliphatic carbocycles. The lowest BCUT2D eigenvalue weighted by atomic mass is 10.1. The number of amides is 1. The zero-order valence-electron chi connectivity index (χ0n) is 20.2. The molecule has 1 aromatic heterocycles. The second kappa shape index (κ2) is 10.7. The highest BCUT2D eigenvalue weighted by atomic mass is 16.5. The van der Waals surface area contributed by atoms with Gasteiger partial charge in [0.15, 0.2) is 11.5 Å². The Bertz CT molecular complexity index is 1500. The van der Waals surface area contributed by atoms with E-state index in [9.17, 15) is 4.79 Å². The maximum Gasteiger partial charge on any atom is 0.255 e. The third-order valence-electron chi connectivity index (χ3n) is 5.55. The van der Waals surface area contributed by atoms with Crippen LogP contribution in [0.3, 0.4) is 0 Å². The molecule has 5 aromatic rings. The number of rotatable bonds is 8. The molecule has 0 spiro atoms. The number of ether oxygens (including phenoxy) is 3. The standard InChI is InChI=1S/C29H23N3O5/c1-34-23-13-15-24(16-14-23)36-26-18-22(12-17-25(26)35-2)30-27(33)19-8-10-21(11-9-19)29-32-31-28(37-29)20-6-4-3-5-7-20/h3-18H,1-2H3,(H,30,33). The van der Waals surface area contributed by atoms with Crippen molar-refractivity contribution in [1.29, 1.82) is 0 Å². The van der Waals surface area contributed by atoms with E-state index >= 15 is 0 Å². The van der Waals surface area contributed by atoms with Crippen molar-refractivity contribution in [3.63, 3.8) is 0 Å². The van der Waals surface area contributed by atoms with Crippen LogP contribution in [0.2, 0.25) is 0 Å².